The van der Waals surface area contributed by atoms with Crippen molar-refractivity contribution in [3.05, 3.63) is 28.8 Å². The van der Waals surface area contributed by atoms with Crippen molar-refractivity contribution in [2.75, 3.05) is 13.1 Å². The Morgan fingerprint density at radius 1 is 1.50 bits per heavy atom. The number of rotatable bonds is 6. The number of sulfonamides is 1. The van der Waals surface area contributed by atoms with Gasteiger partial charge in [-0.1, -0.05) is 36.8 Å². The van der Waals surface area contributed by atoms with E-state index >= 15 is 0 Å². The highest BCUT2D eigenvalue weighted by Crippen LogP contribution is 2.33. The second-order valence-corrected chi connectivity index (χ2v) is 7.66. The Labute approximate surface area is 130 Å². The maximum Gasteiger partial charge on any atom is 0.244 e. The standard InChI is InChI=1S/C13H17ClN2O2S2/c1-2-16(8-9-3-4-9)20(17,18)12-6-5-10(13(15)19)7-11(12)14/h5-7,9H,2-4,8H2,1H3,(H2,15,19). The fourth-order valence-corrected chi connectivity index (χ4v) is 4.16. The van der Waals surface area contributed by atoms with Gasteiger partial charge in [0.1, 0.15) is 9.88 Å². The van der Waals surface area contributed by atoms with Gasteiger partial charge in [-0.3, -0.25) is 0 Å². The van der Waals surface area contributed by atoms with Crippen molar-refractivity contribution in [3.63, 3.8) is 0 Å². The van der Waals surface area contributed by atoms with Crippen LogP contribution in [-0.2, 0) is 10.0 Å². The topological polar surface area (TPSA) is 63.4 Å². The number of thiocarbonyl (C=S) groups is 1. The van der Waals surface area contributed by atoms with Crippen LogP contribution in [-0.4, -0.2) is 30.8 Å². The first-order valence-corrected chi connectivity index (χ1v) is 8.68. The van der Waals surface area contributed by atoms with E-state index in [4.69, 9.17) is 29.6 Å². The zero-order valence-corrected chi connectivity index (χ0v) is 13.6. The van der Waals surface area contributed by atoms with E-state index in [1.54, 1.807) is 6.07 Å². The van der Waals surface area contributed by atoms with Crippen molar-refractivity contribution in [2.24, 2.45) is 11.7 Å². The summed E-state index contributed by atoms with van der Waals surface area (Å²) in [6.45, 7) is 2.83. The van der Waals surface area contributed by atoms with E-state index in [2.05, 4.69) is 0 Å². The average molecular weight is 333 g/mol. The maximum atomic E-state index is 12.6. The highest BCUT2D eigenvalue weighted by Gasteiger charge is 2.31. The number of hydrogen-bond acceptors (Lipinski definition) is 3. The Hall–Kier alpha value is -0.690. The van der Waals surface area contributed by atoms with Crippen LogP contribution in [0.25, 0.3) is 0 Å². The third-order valence-corrected chi connectivity index (χ3v) is 6.01. The summed E-state index contributed by atoms with van der Waals surface area (Å²) in [6, 6.07) is 4.56. The Kier molecular flexibility index (Phi) is 4.69. The molecular weight excluding hydrogens is 316 g/mol. The summed E-state index contributed by atoms with van der Waals surface area (Å²) in [6.07, 6.45) is 2.19. The molecule has 110 valence electrons. The van der Waals surface area contributed by atoms with E-state index in [1.807, 2.05) is 6.92 Å². The van der Waals surface area contributed by atoms with Gasteiger partial charge in [0.05, 0.1) is 5.02 Å². The van der Waals surface area contributed by atoms with Crippen molar-refractivity contribution in [1.82, 2.24) is 4.31 Å². The van der Waals surface area contributed by atoms with Gasteiger partial charge >= 0.3 is 0 Å². The van der Waals surface area contributed by atoms with Crippen LogP contribution in [0.15, 0.2) is 23.1 Å². The molecular formula is C13H17ClN2O2S2. The summed E-state index contributed by atoms with van der Waals surface area (Å²) in [5.74, 6) is 0.486. The summed E-state index contributed by atoms with van der Waals surface area (Å²) in [7, 11) is -3.56. The lowest BCUT2D eigenvalue weighted by atomic mass is 10.2. The molecule has 2 rings (SSSR count). The summed E-state index contributed by atoms with van der Waals surface area (Å²) in [4.78, 5) is 0.308. The Morgan fingerprint density at radius 2 is 2.15 bits per heavy atom. The molecule has 1 aliphatic carbocycles. The quantitative estimate of drug-likeness (QED) is 0.812. The molecule has 0 amide bonds. The van der Waals surface area contributed by atoms with Crippen molar-refractivity contribution < 1.29 is 8.42 Å². The van der Waals surface area contributed by atoms with Gasteiger partial charge in [0.25, 0.3) is 0 Å². The van der Waals surface area contributed by atoms with Crippen LogP contribution in [0.3, 0.4) is 0 Å². The van der Waals surface area contributed by atoms with Gasteiger partial charge in [0.2, 0.25) is 10.0 Å². The van der Waals surface area contributed by atoms with Crippen molar-refractivity contribution >= 4 is 38.8 Å². The molecule has 4 nitrogen and oxygen atoms in total. The second kappa shape index (κ2) is 5.97. The molecule has 7 heteroatoms. The van der Waals surface area contributed by atoms with Crippen LogP contribution in [0.5, 0.6) is 0 Å². The first-order chi connectivity index (χ1) is 9.36. The van der Waals surface area contributed by atoms with Gasteiger partial charge in [0.15, 0.2) is 0 Å². The van der Waals surface area contributed by atoms with Crippen LogP contribution in [0.1, 0.15) is 25.3 Å². The Bertz CT molecular complexity index is 627. The van der Waals surface area contributed by atoms with Gasteiger partial charge in [-0.15, -0.1) is 0 Å². The number of halogens is 1. The third kappa shape index (κ3) is 3.31. The first kappa shape index (κ1) is 15.7. The van der Waals surface area contributed by atoms with E-state index in [1.165, 1.54) is 16.4 Å². The molecule has 0 aliphatic heterocycles. The largest absolute Gasteiger partial charge is 0.389 e. The molecule has 1 fully saturated rings. The van der Waals surface area contributed by atoms with E-state index in [0.717, 1.165) is 12.8 Å². The van der Waals surface area contributed by atoms with E-state index in [9.17, 15) is 8.42 Å². The molecule has 0 radical (unpaired) electrons. The fourth-order valence-electron chi connectivity index (χ4n) is 1.99. The van der Waals surface area contributed by atoms with Crippen LogP contribution < -0.4 is 5.73 Å². The van der Waals surface area contributed by atoms with Crippen LogP contribution in [0, 0.1) is 5.92 Å². The summed E-state index contributed by atoms with van der Waals surface area (Å²) in [5.41, 5.74) is 6.08. The monoisotopic (exact) mass is 332 g/mol. The van der Waals surface area contributed by atoms with Gasteiger partial charge < -0.3 is 5.73 Å². The Balaban J connectivity index is 2.34. The zero-order valence-electron chi connectivity index (χ0n) is 11.2. The number of benzene rings is 1. The lowest BCUT2D eigenvalue weighted by Crippen LogP contribution is -2.33. The van der Waals surface area contributed by atoms with Crippen molar-refractivity contribution in [2.45, 2.75) is 24.7 Å². The predicted octanol–water partition coefficient (Wildman–Crippen LogP) is 2.39. The maximum absolute atomic E-state index is 12.6. The molecule has 0 bridgehead atoms. The molecule has 2 N–H and O–H groups in total. The SMILES string of the molecule is CCN(CC1CC1)S(=O)(=O)c1ccc(C(N)=S)cc1Cl. The molecule has 0 spiro atoms. The minimum Gasteiger partial charge on any atom is -0.389 e. The highest BCUT2D eigenvalue weighted by molar-refractivity contribution is 7.89. The molecule has 0 unspecified atom stereocenters. The summed E-state index contributed by atoms with van der Waals surface area (Å²) < 4.78 is 26.7. The Morgan fingerprint density at radius 3 is 2.60 bits per heavy atom. The normalized spacial score (nSPS) is 15.6. The van der Waals surface area contributed by atoms with E-state index in [0.29, 0.717) is 24.6 Å². The number of nitrogens with zero attached hydrogens (tertiary/aromatic N) is 1. The van der Waals surface area contributed by atoms with Crippen molar-refractivity contribution in [3.8, 4) is 0 Å². The lowest BCUT2D eigenvalue weighted by Gasteiger charge is -2.21. The molecule has 0 heterocycles. The molecule has 0 atom stereocenters. The van der Waals surface area contributed by atoms with Gasteiger partial charge in [-0.25, -0.2) is 8.42 Å². The first-order valence-electron chi connectivity index (χ1n) is 6.45. The van der Waals surface area contributed by atoms with E-state index in [-0.39, 0.29) is 14.9 Å². The van der Waals surface area contributed by atoms with Gasteiger partial charge in [-0.2, -0.15) is 4.31 Å². The fraction of sp³-hybridized carbons (Fsp3) is 0.462. The van der Waals surface area contributed by atoms with Crippen LogP contribution >= 0.6 is 23.8 Å². The molecule has 20 heavy (non-hydrogen) atoms. The van der Waals surface area contributed by atoms with E-state index < -0.39 is 10.0 Å². The minimum absolute atomic E-state index is 0.113. The zero-order chi connectivity index (χ0) is 14.9. The molecule has 1 aromatic rings. The highest BCUT2D eigenvalue weighted by atomic mass is 35.5. The second-order valence-electron chi connectivity index (χ2n) is 4.91. The summed E-state index contributed by atoms with van der Waals surface area (Å²) >= 11 is 10.9. The molecule has 1 aromatic carbocycles. The number of nitrogens with two attached hydrogens (primary N) is 1. The smallest absolute Gasteiger partial charge is 0.244 e. The molecule has 0 saturated heterocycles. The van der Waals surface area contributed by atoms with Crippen LogP contribution in [0.2, 0.25) is 5.02 Å². The molecule has 1 aliphatic rings. The predicted molar refractivity (Wildman–Crippen MR) is 84.5 cm³/mol. The van der Waals surface area contributed by atoms with Crippen LogP contribution in [0.4, 0.5) is 0 Å². The number of hydrogen-bond donors (Lipinski definition) is 1. The molecule has 0 aromatic heterocycles. The van der Waals surface area contributed by atoms with Gasteiger partial charge in [0, 0.05) is 18.7 Å². The third-order valence-electron chi connectivity index (χ3n) is 3.35. The average Bonchev–Trinajstić information content (AvgIpc) is 3.19. The lowest BCUT2D eigenvalue weighted by molar-refractivity contribution is 0.412. The molecule has 1 saturated carbocycles. The van der Waals surface area contributed by atoms with Crippen molar-refractivity contribution in [1.29, 1.82) is 0 Å². The minimum atomic E-state index is -3.56. The summed E-state index contributed by atoms with van der Waals surface area (Å²) in [5, 5.41) is 0.157. The van der Waals surface area contributed by atoms with Gasteiger partial charge in [-0.05, 0) is 30.9 Å².